The van der Waals surface area contributed by atoms with Crippen LogP contribution in [0, 0.1) is 6.92 Å². The predicted octanol–water partition coefficient (Wildman–Crippen LogP) is 3.76. The van der Waals surface area contributed by atoms with Crippen molar-refractivity contribution in [2.45, 2.75) is 26.2 Å². The lowest BCUT2D eigenvalue weighted by molar-refractivity contribution is -0.119. The van der Waals surface area contributed by atoms with E-state index in [0.717, 1.165) is 36.3 Å². The maximum absolute atomic E-state index is 12.3. The number of carbonyl (C=O) groups excluding carboxylic acids is 2. The molecule has 0 spiro atoms. The lowest BCUT2D eigenvalue weighted by Gasteiger charge is -2.26. The van der Waals surface area contributed by atoms with Crippen molar-refractivity contribution in [3.05, 3.63) is 59.7 Å². The number of piperidine rings is 1. The van der Waals surface area contributed by atoms with Crippen LogP contribution in [0.4, 0.5) is 11.4 Å². The van der Waals surface area contributed by atoms with Crippen LogP contribution in [0.5, 0.6) is 0 Å². The zero-order valence-electron chi connectivity index (χ0n) is 13.2. The Morgan fingerprint density at radius 2 is 1.78 bits per heavy atom. The minimum atomic E-state index is -0.143. The average molecular weight is 308 g/mol. The topological polar surface area (TPSA) is 49.4 Å². The van der Waals surface area contributed by atoms with Crippen molar-refractivity contribution >= 4 is 23.2 Å². The van der Waals surface area contributed by atoms with Gasteiger partial charge in [0.15, 0.2) is 0 Å². The molecule has 1 fully saturated rings. The fourth-order valence-corrected chi connectivity index (χ4v) is 2.78. The molecular weight excluding hydrogens is 288 g/mol. The highest BCUT2D eigenvalue weighted by atomic mass is 16.2. The van der Waals surface area contributed by atoms with Crippen LogP contribution in [0.15, 0.2) is 48.5 Å². The number of hydrogen-bond donors (Lipinski definition) is 1. The van der Waals surface area contributed by atoms with Crippen molar-refractivity contribution in [2.75, 3.05) is 16.8 Å². The van der Waals surface area contributed by atoms with E-state index in [-0.39, 0.29) is 11.8 Å². The number of carbonyl (C=O) groups is 2. The van der Waals surface area contributed by atoms with Crippen molar-refractivity contribution in [2.24, 2.45) is 0 Å². The summed E-state index contributed by atoms with van der Waals surface area (Å²) in [6.07, 6.45) is 2.60. The fourth-order valence-electron chi connectivity index (χ4n) is 2.78. The maximum Gasteiger partial charge on any atom is 0.255 e. The first-order valence-corrected chi connectivity index (χ1v) is 7.92. The summed E-state index contributed by atoms with van der Waals surface area (Å²) in [5.74, 6) is 0.0178. The summed E-state index contributed by atoms with van der Waals surface area (Å²) < 4.78 is 0. The van der Waals surface area contributed by atoms with Crippen molar-refractivity contribution in [3.63, 3.8) is 0 Å². The van der Waals surface area contributed by atoms with Crippen LogP contribution < -0.4 is 10.2 Å². The van der Waals surface area contributed by atoms with Gasteiger partial charge in [-0.3, -0.25) is 9.59 Å². The van der Waals surface area contributed by atoms with Gasteiger partial charge in [-0.05, 0) is 55.7 Å². The fraction of sp³-hybridized carbons (Fsp3) is 0.263. The van der Waals surface area contributed by atoms with Crippen LogP contribution in [0.1, 0.15) is 35.2 Å². The number of nitrogens with one attached hydrogen (secondary N) is 1. The molecule has 2 aromatic carbocycles. The molecule has 1 N–H and O–H groups in total. The summed E-state index contributed by atoms with van der Waals surface area (Å²) in [5.41, 5.74) is 3.28. The molecule has 0 aliphatic carbocycles. The zero-order valence-corrected chi connectivity index (χ0v) is 13.2. The first kappa shape index (κ1) is 15.3. The van der Waals surface area contributed by atoms with Crippen LogP contribution in [0.3, 0.4) is 0 Å². The SMILES string of the molecule is Cc1ccccc1NC(=O)c1ccc(N2CCCCC2=O)cc1. The summed E-state index contributed by atoms with van der Waals surface area (Å²) >= 11 is 0. The van der Waals surface area contributed by atoms with Gasteiger partial charge in [0.1, 0.15) is 0 Å². The minimum absolute atomic E-state index is 0.143. The Kier molecular flexibility index (Phi) is 4.42. The summed E-state index contributed by atoms with van der Waals surface area (Å²) in [6.45, 7) is 2.72. The minimum Gasteiger partial charge on any atom is -0.322 e. The lowest BCUT2D eigenvalue weighted by atomic mass is 10.1. The summed E-state index contributed by atoms with van der Waals surface area (Å²) in [5, 5.41) is 2.91. The Morgan fingerprint density at radius 3 is 2.48 bits per heavy atom. The second-order valence-electron chi connectivity index (χ2n) is 5.82. The Morgan fingerprint density at radius 1 is 1.04 bits per heavy atom. The quantitative estimate of drug-likeness (QED) is 0.938. The number of para-hydroxylation sites is 1. The normalized spacial score (nSPS) is 14.7. The number of rotatable bonds is 3. The first-order chi connectivity index (χ1) is 11.1. The van der Waals surface area contributed by atoms with E-state index < -0.39 is 0 Å². The summed E-state index contributed by atoms with van der Waals surface area (Å²) in [6, 6.07) is 14.9. The van der Waals surface area contributed by atoms with E-state index in [1.807, 2.05) is 43.3 Å². The zero-order chi connectivity index (χ0) is 16.2. The highest BCUT2D eigenvalue weighted by Gasteiger charge is 2.19. The largest absolute Gasteiger partial charge is 0.322 e. The summed E-state index contributed by atoms with van der Waals surface area (Å²) in [4.78, 5) is 26.1. The number of hydrogen-bond acceptors (Lipinski definition) is 2. The van der Waals surface area contributed by atoms with Crippen LogP contribution in [-0.2, 0) is 4.79 Å². The molecule has 1 saturated heterocycles. The molecule has 2 aromatic rings. The number of anilines is 2. The van der Waals surface area contributed by atoms with Gasteiger partial charge < -0.3 is 10.2 Å². The molecule has 0 radical (unpaired) electrons. The van der Waals surface area contributed by atoms with Gasteiger partial charge in [0, 0.05) is 29.9 Å². The first-order valence-electron chi connectivity index (χ1n) is 7.92. The standard InChI is InChI=1S/C19H20N2O2/c1-14-6-2-3-7-17(14)20-19(23)15-9-11-16(12-10-15)21-13-5-4-8-18(21)22/h2-3,6-7,9-12H,4-5,8,13H2,1H3,(H,20,23). The monoisotopic (exact) mass is 308 g/mol. The molecule has 3 rings (SSSR count). The molecule has 2 amide bonds. The molecule has 0 aromatic heterocycles. The Bertz CT molecular complexity index is 722. The molecule has 4 nitrogen and oxygen atoms in total. The van der Waals surface area contributed by atoms with Crippen molar-refractivity contribution < 1.29 is 9.59 Å². The molecular formula is C19H20N2O2. The highest BCUT2D eigenvalue weighted by molar-refractivity contribution is 6.05. The van der Waals surface area contributed by atoms with Crippen molar-refractivity contribution in [3.8, 4) is 0 Å². The molecule has 23 heavy (non-hydrogen) atoms. The highest BCUT2D eigenvalue weighted by Crippen LogP contribution is 2.22. The summed E-state index contributed by atoms with van der Waals surface area (Å²) in [7, 11) is 0. The number of benzene rings is 2. The van der Waals surface area contributed by atoms with Gasteiger partial charge >= 0.3 is 0 Å². The van der Waals surface area contributed by atoms with Gasteiger partial charge in [-0.2, -0.15) is 0 Å². The number of nitrogens with zero attached hydrogens (tertiary/aromatic N) is 1. The van der Waals surface area contributed by atoms with E-state index in [0.29, 0.717) is 12.0 Å². The van der Waals surface area contributed by atoms with E-state index in [2.05, 4.69) is 5.32 Å². The van der Waals surface area contributed by atoms with Gasteiger partial charge in [-0.25, -0.2) is 0 Å². The van der Waals surface area contributed by atoms with Gasteiger partial charge in [-0.15, -0.1) is 0 Å². The van der Waals surface area contributed by atoms with E-state index in [4.69, 9.17) is 0 Å². The third kappa shape index (κ3) is 3.42. The van der Waals surface area contributed by atoms with E-state index in [1.54, 1.807) is 17.0 Å². The third-order valence-corrected chi connectivity index (χ3v) is 4.16. The van der Waals surface area contributed by atoms with Crippen LogP contribution in [-0.4, -0.2) is 18.4 Å². The van der Waals surface area contributed by atoms with Gasteiger partial charge in [0.2, 0.25) is 5.91 Å². The third-order valence-electron chi connectivity index (χ3n) is 4.16. The second kappa shape index (κ2) is 6.65. The molecule has 0 bridgehead atoms. The number of amides is 2. The number of aryl methyl sites for hydroxylation is 1. The average Bonchev–Trinajstić information content (AvgIpc) is 2.57. The van der Waals surface area contributed by atoms with Crippen LogP contribution >= 0.6 is 0 Å². The lowest BCUT2D eigenvalue weighted by Crippen LogP contribution is -2.35. The smallest absolute Gasteiger partial charge is 0.255 e. The molecule has 1 aliphatic heterocycles. The van der Waals surface area contributed by atoms with Crippen LogP contribution in [0.25, 0.3) is 0 Å². The molecule has 0 unspecified atom stereocenters. The van der Waals surface area contributed by atoms with E-state index in [1.165, 1.54) is 0 Å². The Hall–Kier alpha value is -2.62. The maximum atomic E-state index is 12.3. The van der Waals surface area contributed by atoms with Gasteiger partial charge in [-0.1, -0.05) is 18.2 Å². The van der Waals surface area contributed by atoms with Gasteiger partial charge in [0.25, 0.3) is 5.91 Å². The van der Waals surface area contributed by atoms with Crippen molar-refractivity contribution in [1.29, 1.82) is 0 Å². The van der Waals surface area contributed by atoms with E-state index in [9.17, 15) is 9.59 Å². The second-order valence-corrected chi connectivity index (χ2v) is 5.82. The van der Waals surface area contributed by atoms with Crippen LogP contribution in [0.2, 0.25) is 0 Å². The molecule has 0 saturated carbocycles. The molecule has 1 aliphatic rings. The Balaban J connectivity index is 1.73. The van der Waals surface area contributed by atoms with Crippen molar-refractivity contribution in [1.82, 2.24) is 0 Å². The Labute approximate surface area is 136 Å². The molecule has 0 atom stereocenters. The molecule has 118 valence electrons. The van der Waals surface area contributed by atoms with E-state index >= 15 is 0 Å². The molecule has 4 heteroatoms. The predicted molar refractivity (Wildman–Crippen MR) is 91.8 cm³/mol. The van der Waals surface area contributed by atoms with Gasteiger partial charge in [0.05, 0.1) is 0 Å². The molecule has 1 heterocycles.